The van der Waals surface area contributed by atoms with Crippen LogP contribution in [-0.2, 0) is 14.3 Å². The van der Waals surface area contributed by atoms with Gasteiger partial charge in [-0.3, -0.25) is 24.8 Å². The number of imide groups is 1. The maximum absolute atomic E-state index is 12.3. The number of rotatable bonds is 9. The van der Waals surface area contributed by atoms with Crippen LogP contribution in [0.2, 0.25) is 0 Å². The van der Waals surface area contributed by atoms with Crippen LogP contribution >= 0.6 is 11.3 Å². The molecule has 2 N–H and O–H groups in total. The third-order valence-corrected chi connectivity index (χ3v) is 12.3. The number of piperidine rings is 2. The number of nitrogens with zero attached hydrogens (tertiary/aromatic N) is 10. The molecule has 4 aliphatic heterocycles. The second-order valence-electron chi connectivity index (χ2n) is 14.8. The van der Waals surface area contributed by atoms with Crippen molar-refractivity contribution in [1.82, 2.24) is 40.0 Å². The van der Waals surface area contributed by atoms with Gasteiger partial charge in [0, 0.05) is 76.9 Å². The molecule has 5 aromatic heterocycles. The summed E-state index contributed by atoms with van der Waals surface area (Å²) in [5.41, 5.74) is 5.67. The fourth-order valence-corrected chi connectivity index (χ4v) is 9.01. The molecule has 4 saturated heterocycles. The lowest BCUT2D eigenvalue weighted by Gasteiger charge is -2.39. The van der Waals surface area contributed by atoms with Gasteiger partial charge in [-0.15, -0.1) is 10.2 Å². The smallest absolute Gasteiger partial charge is 0.234 e. The van der Waals surface area contributed by atoms with Crippen molar-refractivity contribution in [2.75, 3.05) is 74.1 Å². The van der Waals surface area contributed by atoms with Gasteiger partial charge in [0.25, 0.3) is 0 Å². The van der Waals surface area contributed by atoms with Crippen molar-refractivity contribution in [1.29, 1.82) is 5.26 Å². The zero-order chi connectivity index (χ0) is 37.3. The lowest BCUT2D eigenvalue weighted by atomic mass is 9.91. The Hall–Kier alpha value is -5.50. The number of nitriles is 1. The highest BCUT2D eigenvalue weighted by atomic mass is 32.1. The van der Waals surface area contributed by atoms with E-state index in [1.165, 1.54) is 0 Å². The molecule has 0 radical (unpaired) electrons. The SMILES string of the molecule is N#Cc1cnn2c(-c3cc(N[C@@H]4CCOC4)c(-c4nnc(N5CCN(CC6CCN(c7ccc([C@H]8CCC(=O)NC8=O)cn7)CC6)CC5)s4)cn3)ccc2c1. The number of hydrogen-bond acceptors (Lipinski definition) is 14. The van der Waals surface area contributed by atoms with E-state index < -0.39 is 0 Å². The number of carbonyl (C=O) groups excluding carboxylic acids is 2. The van der Waals surface area contributed by atoms with Crippen LogP contribution in [0.1, 0.15) is 49.1 Å². The van der Waals surface area contributed by atoms with E-state index in [4.69, 9.17) is 14.7 Å². The third kappa shape index (κ3) is 7.47. The molecule has 9 heterocycles. The van der Waals surface area contributed by atoms with Gasteiger partial charge in [0.2, 0.25) is 16.9 Å². The summed E-state index contributed by atoms with van der Waals surface area (Å²) < 4.78 is 7.48. The molecule has 4 fully saturated rings. The molecular weight excluding hydrogens is 717 g/mol. The average Bonchev–Trinajstić information content (AvgIpc) is 4.01. The van der Waals surface area contributed by atoms with E-state index in [0.717, 1.165) is 121 Å². The van der Waals surface area contributed by atoms with Crippen LogP contribution in [0.4, 0.5) is 16.6 Å². The monoisotopic (exact) mass is 758 g/mol. The molecule has 0 aliphatic carbocycles. The molecule has 282 valence electrons. The van der Waals surface area contributed by atoms with Crippen LogP contribution < -0.4 is 20.4 Å². The first kappa shape index (κ1) is 35.2. The maximum Gasteiger partial charge on any atom is 0.234 e. The van der Waals surface area contributed by atoms with Crippen LogP contribution in [0.25, 0.3) is 27.5 Å². The summed E-state index contributed by atoms with van der Waals surface area (Å²) in [5.74, 6) is 0.858. The van der Waals surface area contributed by atoms with E-state index >= 15 is 0 Å². The number of amides is 2. The standard InChI is InChI=1S/C39H42N12O3S/c40-19-26-17-29-2-4-34(51(29)43-20-26)33-18-32(44-28-9-16-54-24-28)31(22-41-33)38-46-47-39(55-38)50-14-12-48(13-15-50)23-25-7-10-49(11-8-25)35-5-1-27(21-42-35)30-3-6-36(52)45-37(30)53/h1-2,4-5,17-18,20-22,25,28,30H,3,6-16,23-24H2,(H,41,44)(H,45,52,53)/t28-,30-/m1/s1. The number of hydrogen-bond donors (Lipinski definition) is 2. The highest BCUT2D eigenvalue weighted by Crippen LogP contribution is 2.37. The van der Waals surface area contributed by atoms with E-state index in [-0.39, 0.29) is 23.8 Å². The predicted molar refractivity (Wildman–Crippen MR) is 208 cm³/mol. The summed E-state index contributed by atoms with van der Waals surface area (Å²) in [4.78, 5) is 40.6. The number of carbonyl (C=O) groups is 2. The molecule has 4 aliphatic rings. The summed E-state index contributed by atoms with van der Waals surface area (Å²) >= 11 is 1.60. The van der Waals surface area contributed by atoms with Crippen LogP contribution in [0.3, 0.4) is 0 Å². The first-order valence-corrected chi connectivity index (χ1v) is 19.9. The topological polar surface area (TPSA) is 170 Å². The van der Waals surface area contributed by atoms with Crippen LogP contribution in [-0.4, -0.2) is 112 Å². The minimum absolute atomic E-state index is 0.192. The normalized spacial score (nSPS) is 21.2. The number of nitrogens with one attached hydrogen (secondary N) is 2. The Morgan fingerprint density at radius 3 is 2.56 bits per heavy atom. The van der Waals surface area contributed by atoms with Gasteiger partial charge in [0.1, 0.15) is 11.9 Å². The molecule has 16 heteroatoms. The molecule has 5 aromatic rings. The Morgan fingerprint density at radius 2 is 1.80 bits per heavy atom. The quantitative estimate of drug-likeness (QED) is 0.208. The van der Waals surface area contributed by atoms with Crippen molar-refractivity contribution in [3.8, 4) is 28.0 Å². The summed E-state index contributed by atoms with van der Waals surface area (Å²) in [6.07, 6.45) is 9.30. The van der Waals surface area contributed by atoms with Crippen LogP contribution in [0.15, 0.2) is 55.0 Å². The van der Waals surface area contributed by atoms with Crippen molar-refractivity contribution >= 4 is 45.3 Å². The summed E-state index contributed by atoms with van der Waals surface area (Å²) in [7, 11) is 0. The molecule has 0 aromatic carbocycles. The first-order chi connectivity index (χ1) is 27.0. The second-order valence-corrected chi connectivity index (χ2v) is 15.7. The molecule has 15 nitrogen and oxygen atoms in total. The fraction of sp³-hybridized carbons (Fsp3) is 0.436. The van der Waals surface area contributed by atoms with Gasteiger partial charge < -0.3 is 19.9 Å². The van der Waals surface area contributed by atoms with Gasteiger partial charge in [-0.25, -0.2) is 9.50 Å². The molecular formula is C39H42N12O3S. The number of fused-ring (bicyclic) bond motifs is 1. The predicted octanol–water partition coefficient (Wildman–Crippen LogP) is 3.94. The molecule has 0 bridgehead atoms. The third-order valence-electron chi connectivity index (χ3n) is 11.2. The van der Waals surface area contributed by atoms with E-state index in [9.17, 15) is 14.9 Å². The van der Waals surface area contributed by atoms with Crippen LogP contribution in [0.5, 0.6) is 0 Å². The van der Waals surface area contributed by atoms with E-state index in [0.29, 0.717) is 30.9 Å². The minimum Gasteiger partial charge on any atom is -0.379 e. The number of piperazine rings is 1. The molecule has 9 rings (SSSR count). The van der Waals surface area contributed by atoms with Gasteiger partial charge >= 0.3 is 0 Å². The molecule has 0 spiro atoms. The average molecular weight is 759 g/mol. The molecule has 2 amide bonds. The van der Waals surface area contributed by atoms with Crippen molar-refractivity contribution in [3.05, 3.63) is 66.1 Å². The van der Waals surface area contributed by atoms with Crippen molar-refractivity contribution in [2.24, 2.45) is 5.92 Å². The van der Waals surface area contributed by atoms with Gasteiger partial charge in [-0.1, -0.05) is 17.4 Å². The van der Waals surface area contributed by atoms with Gasteiger partial charge in [0.05, 0.1) is 52.8 Å². The fourth-order valence-electron chi connectivity index (χ4n) is 8.09. The molecule has 55 heavy (non-hydrogen) atoms. The highest BCUT2D eigenvalue weighted by molar-refractivity contribution is 7.18. The largest absolute Gasteiger partial charge is 0.379 e. The summed E-state index contributed by atoms with van der Waals surface area (Å²) in [5, 5.41) is 31.0. The number of anilines is 3. The van der Waals surface area contributed by atoms with Crippen molar-refractivity contribution in [2.45, 2.75) is 44.1 Å². The highest BCUT2D eigenvalue weighted by Gasteiger charge is 2.30. The number of pyridine rings is 2. The molecule has 2 atom stereocenters. The summed E-state index contributed by atoms with van der Waals surface area (Å²) in [6, 6.07) is 14.1. The first-order valence-electron chi connectivity index (χ1n) is 19.1. The van der Waals surface area contributed by atoms with E-state index in [1.54, 1.807) is 23.7 Å². The Bertz CT molecular complexity index is 2230. The van der Waals surface area contributed by atoms with Gasteiger partial charge in [-0.05, 0) is 67.5 Å². The zero-order valence-corrected chi connectivity index (χ0v) is 31.2. The minimum atomic E-state index is -0.306. The zero-order valence-electron chi connectivity index (χ0n) is 30.4. The van der Waals surface area contributed by atoms with Crippen molar-refractivity contribution in [3.63, 3.8) is 0 Å². The number of ether oxygens (including phenoxy) is 1. The van der Waals surface area contributed by atoms with Crippen LogP contribution in [0, 0.1) is 17.2 Å². The Balaban J connectivity index is 0.805. The van der Waals surface area contributed by atoms with Gasteiger partial charge in [-0.2, -0.15) is 10.4 Å². The number of aromatic nitrogens is 6. The maximum atomic E-state index is 12.3. The molecule has 0 saturated carbocycles. The second kappa shape index (κ2) is 15.3. The van der Waals surface area contributed by atoms with Gasteiger partial charge in [0.15, 0.2) is 5.01 Å². The summed E-state index contributed by atoms with van der Waals surface area (Å²) in [6.45, 7) is 8.17. The van der Waals surface area contributed by atoms with Crippen molar-refractivity contribution < 1.29 is 14.3 Å². The Kier molecular flexibility index (Phi) is 9.81. The lowest BCUT2D eigenvalue weighted by molar-refractivity contribution is -0.134. The Morgan fingerprint density at radius 1 is 0.927 bits per heavy atom. The van der Waals surface area contributed by atoms with E-state index in [1.807, 2.05) is 41.0 Å². The Labute approximate surface area is 322 Å². The van der Waals surface area contributed by atoms with E-state index in [2.05, 4.69) is 52.8 Å². The lowest BCUT2D eigenvalue weighted by Crippen LogP contribution is -2.49. The molecule has 0 unspecified atom stereocenters.